The van der Waals surface area contributed by atoms with Gasteiger partial charge in [-0.15, -0.1) is 0 Å². The van der Waals surface area contributed by atoms with Crippen LogP contribution in [0.15, 0.2) is 35.4 Å². The van der Waals surface area contributed by atoms with Crippen LogP contribution in [-0.2, 0) is 16.6 Å². The topological polar surface area (TPSA) is 75.2 Å². The van der Waals surface area contributed by atoms with Crippen molar-refractivity contribution in [3.05, 3.63) is 47.9 Å². The molecule has 1 aliphatic heterocycles. The van der Waals surface area contributed by atoms with Crippen molar-refractivity contribution in [3.63, 3.8) is 0 Å². The second-order valence-corrected chi connectivity index (χ2v) is 7.55. The lowest BCUT2D eigenvalue weighted by Gasteiger charge is -2.27. The molecule has 0 atom stereocenters. The average molecular weight is 368 g/mol. The molecule has 6 nitrogen and oxygen atoms in total. The molecular weight excluding hydrogens is 350 g/mol. The minimum Gasteiger partial charge on any atom is -0.357 e. The summed E-state index contributed by atoms with van der Waals surface area (Å²) < 4.78 is 52.9. The van der Waals surface area contributed by atoms with Gasteiger partial charge in [0.25, 0.3) is 0 Å². The summed E-state index contributed by atoms with van der Waals surface area (Å²) in [7, 11) is -3.99. The second kappa shape index (κ2) is 7.40. The number of rotatable bonds is 5. The first-order valence-electron chi connectivity index (χ1n) is 7.97. The Morgan fingerprint density at radius 2 is 1.84 bits per heavy atom. The Kier molecular flexibility index (Phi) is 5.24. The second-order valence-electron chi connectivity index (χ2n) is 5.78. The van der Waals surface area contributed by atoms with E-state index in [1.54, 1.807) is 12.3 Å². The Bertz CT molecular complexity index is 855. The maximum Gasteiger partial charge on any atom is 0.241 e. The third kappa shape index (κ3) is 4.29. The highest BCUT2D eigenvalue weighted by Gasteiger charge is 2.18. The van der Waals surface area contributed by atoms with Gasteiger partial charge in [0.2, 0.25) is 10.0 Å². The third-order valence-electron chi connectivity index (χ3n) is 3.99. The lowest BCUT2D eigenvalue weighted by Crippen LogP contribution is -2.31. The van der Waals surface area contributed by atoms with E-state index < -0.39 is 21.7 Å². The molecule has 0 radical (unpaired) electrons. The molecule has 1 saturated heterocycles. The van der Waals surface area contributed by atoms with Crippen LogP contribution in [0.4, 0.5) is 14.6 Å². The quantitative estimate of drug-likeness (QED) is 0.876. The predicted molar refractivity (Wildman–Crippen MR) is 88.5 cm³/mol. The average Bonchev–Trinajstić information content (AvgIpc) is 2.63. The normalized spacial score (nSPS) is 15.4. The number of halogens is 2. The van der Waals surface area contributed by atoms with Gasteiger partial charge in [-0.25, -0.2) is 31.9 Å². The Hall–Kier alpha value is -2.13. The highest BCUT2D eigenvalue weighted by molar-refractivity contribution is 7.89. The molecule has 1 N–H and O–H groups in total. The number of benzene rings is 1. The van der Waals surface area contributed by atoms with Gasteiger partial charge in [0.1, 0.15) is 11.6 Å². The number of hydrogen-bond acceptors (Lipinski definition) is 5. The van der Waals surface area contributed by atoms with E-state index in [0.29, 0.717) is 11.9 Å². The number of nitrogens with zero attached hydrogens (tertiary/aromatic N) is 3. The van der Waals surface area contributed by atoms with Crippen LogP contribution in [0.3, 0.4) is 0 Å². The van der Waals surface area contributed by atoms with Gasteiger partial charge in [-0.05, 0) is 43.5 Å². The van der Waals surface area contributed by atoms with E-state index in [4.69, 9.17) is 0 Å². The lowest BCUT2D eigenvalue weighted by atomic mass is 10.1. The van der Waals surface area contributed by atoms with Crippen LogP contribution in [0, 0.1) is 11.6 Å². The Balaban J connectivity index is 1.71. The molecule has 0 unspecified atom stereocenters. The highest BCUT2D eigenvalue weighted by atomic mass is 32.2. The summed E-state index contributed by atoms with van der Waals surface area (Å²) in [5, 5.41) is 0. The number of nitrogens with one attached hydrogen (secondary N) is 1. The maximum atomic E-state index is 13.2. The number of sulfonamides is 1. The van der Waals surface area contributed by atoms with Crippen LogP contribution >= 0.6 is 0 Å². The van der Waals surface area contributed by atoms with Crippen LogP contribution in [0.1, 0.15) is 25.1 Å². The number of aromatic nitrogens is 2. The molecule has 1 aromatic carbocycles. The van der Waals surface area contributed by atoms with E-state index in [2.05, 4.69) is 19.6 Å². The van der Waals surface area contributed by atoms with Gasteiger partial charge in [0, 0.05) is 19.3 Å². The summed E-state index contributed by atoms with van der Waals surface area (Å²) in [5.74, 6) is -1.24. The van der Waals surface area contributed by atoms with Gasteiger partial charge < -0.3 is 4.90 Å². The molecule has 1 aliphatic rings. The molecule has 0 aliphatic carbocycles. The summed E-state index contributed by atoms with van der Waals surface area (Å²) in [6, 6.07) is 4.21. The summed E-state index contributed by atoms with van der Waals surface area (Å²) in [5.41, 5.74) is 0. The third-order valence-corrected chi connectivity index (χ3v) is 5.39. The first-order valence-corrected chi connectivity index (χ1v) is 9.45. The fraction of sp³-hybridized carbons (Fsp3) is 0.375. The number of anilines is 1. The summed E-state index contributed by atoms with van der Waals surface area (Å²) in [4.78, 5) is 10.2. The van der Waals surface area contributed by atoms with Crippen LogP contribution < -0.4 is 9.62 Å². The fourth-order valence-corrected chi connectivity index (χ4v) is 3.65. The zero-order chi connectivity index (χ0) is 17.9. The Morgan fingerprint density at radius 3 is 2.56 bits per heavy atom. The van der Waals surface area contributed by atoms with Gasteiger partial charge in [0.05, 0.1) is 11.4 Å². The molecule has 3 rings (SSSR count). The molecule has 1 aromatic heterocycles. The van der Waals surface area contributed by atoms with Crippen LogP contribution in [0.5, 0.6) is 0 Å². The minimum atomic E-state index is -3.99. The summed E-state index contributed by atoms with van der Waals surface area (Å²) >= 11 is 0. The SMILES string of the molecule is O=S(=O)(NCc1nccc(N2CCCCC2)n1)c1ccc(F)c(F)c1. The maximum absolute atomic E-state index is 13.2. The van der Waals surface area contributed by atoms with Crippen molar-refractivity contribution in [2.45, 2.75) is 30.7 Å². The zero-order valence-corrected chi connectivity index (χ0v) is 14.3. The molecule has 134 valence electrons. The summed E-state index contributed by atoms with van der Waals surface area (Å²) in [6.45, 7) is 1.69. The Morgan fingerprint density at radius 1 is 1.08 bits per heavy atom. The lowest BCUT2D eigenvalue weighted by molar-refractivity contribution is 0.504. The highest BCUT2D eigenvalue weighted by Crippen LogP contribution is 2.17. The van der Waals surface area contributed by atoms with Crippen molar-refractivity contribution in [2.24, 2.45) is 0 Å². The minimum absolute atomic E-state index is 0.136. The van der Waals surface area contributed by atoms with Gasteiger partial charge in [0.15, 0.2) is 11.6 Å². The van der Waals surface area contributed by atoms with Crippen molar-refractivity contribution in [2.75, 3.05) is 18.0 Å². The zero-order valence-electron chi connectivity index (χ0n) is 13.5. The first kappa shape index (κ1) is 17.7. The molecule has 2 heterocycles. The summed E-state index contributed by atoms with van der Waals surface area (Å²) in [6.07, 6.45) is 4.98. The molecule has 0 spiro atoms. The fourth-order valence-electron chi connectivity index (χ4n) is 2.66. The van der Waals surface area contributed by atoms with E-state index in [-0.39, 0.29) is 11.4 Å². The molecule has 2 aromatic rings. The van der Waals surface area contributed by atoms with Crippen LogP contribution in [0.25, 0.3) is 0 Å². The largest absolute Gasteiger partial charge is 0.357 e. The van der Waals surface area contributed by atoms with Gasteiger partial charge >= 0.3 is 0 Å². The van der Waals surface area contributed by atoms with Crippen LogP contribution in [0.2, 0.25) is 0 Å². The molecule has 0 saturated carbocycles. The van der Waals surface area contributed by atoms with Crippen molar-refractivity contribution in [1.82, 2.24) is 14.7 Å². The van der Waals surface area contributed by atoms with Gasteiger partial charge in [-0.1, -0.05) is 0 Å². The standard InChI is InChI=1S/C16H18F2N4O2S/c17-13-5-4-12(10-14(13)18)25(23,24)20-11-15-19-7-6-16(21-15)22-8-2-1-3-9-22/h4-7,10,20H,1-3,8-9,11H2. The molecule has 0 bridgehead atoms. The van der Waals surface area contributed by atoms with Crippen molar-refractivity contribution in [3.8, 4) is 0 Å². The molecule has 0 amide bonds. The Labute approximate surface area is 145 Å². The van der Waals surface area contributed by atoms with Crippen molar-refractivity contribution in [1.29, 1.82) is 0 Å². The van der Waals surface area contributed by atoms with Gasteiger partial charge in [-0.3, -0.25) is 0 Å². The van der Waals surface area contributed by atoms with Crippen molar-refractivity contribution < 1.29 is 17.2 Å². The van der Waals surface area contributed by atoms with E-state index in [0.717, 1.165) is 43.9 Å². The van der Waals surface area contributed by atoms with E-state index in [9.17, 15) is 17.2 Å². The number of hydrogen-bond donors (Lipinski definition) is 1. The van der Waals surface area contributed by atoms with Gasteiger partial charge in [-0.2, -0.15) is 0 Å². The monoisotopic (exact) mass is 368 g/mol. The van der Waals surface area contributed by atoms with Crippen LogP contribution in [-0.4, -0.2) is 31.5 Å². The molecule has 25 heavy (non-hydrogen) atoms. The molecule has 1 fully saturated rings. The predicted octanol–water partition coefficient (Wildman–Crippen LogP) is 2.22. The van der Waals surface area contributed by atoms with E-state index in [1.165, 1.54) is 6.42 Å². The first-order chi connectivity index (χ1) is 12.0. The van der Waals surface area contributed by atoms with Crippen molar-refractivity contribution >= 4 is 15.8 Å². The van der Waals surface area contributed by atoms with E-state index in [1.807, 2.05) is 0 Å². The number of piperidine rings is 1. The smallest absolute Gasteiger partial charge is 0.241 e. The van der Waals surface area contributed by atoms with E-state index >= 15 is 0 Å². The molecule has 9 heteroatoms. The molecular formula is C16H18F2N4O2S.